The van der Waals surface area contributed by atoms with Crippen molar-refractivity contribution in [2.75, 3.05) is 5.32 Å². The maximum absolute atomic E-state index is 13.1. The van der Waals surface area contributed by atoms with E-state index in [1.54, 1.807) is 6.20 Å². The summed E-state index contributed by atoms with van der Waals surface area (Å²) in [5, 5.41) is 3.53. The molecule has 1 aromatic heterocycles. The van der Waals surface area contributed by atoms with E-state index in [0.717, 1.165) is 21.2 Å². The minimum Gasteiger partial charge on any atom is -0.321 e. The zero-order chi connectivity index (χ0) is 22.3. The molecule has 4 nitrogen and oxygen atoms in total. The van der Waals surface area contributed by atoms with Crippen LogP contribution in [0.2, 0.25) is 0 Å². The molecule has 0 fully saturated rings. The monoisotopic (exact) mass is 457 g/mol. The van der Waals surface area contributed by atoms with E-state index in [2.05, 4.69) is 65.5 Å². The highest BCUT2D eigenvalue weighted by Crippen LogP contribution is 2.31. The largest absolute Gasteiger partial charge is 0.321 e. The Kier molecular flexibility index (Phi) is 7.24. The molecule has 4 aromatic rings. The Bertz CT molecular complexity index is 1190. The quantitative estimate of drug-likeness (QED) is 0.245. The molecule has 32 heavy (non-hydrogen) atoms. The average Bonchev–Trinajstić information content (AvgIpc) is 2.81. The summed E-state index contributed by atoms with van der Waals surface area (Å²) in [6, 6.07) is 26.0. The van der Waals surface area contributed by atoms with E-state index in [0.29, 0.717) is 10.9 Å². The number of anilines is 1. The lowest BCUT2D eigenvalue weighted by molar-refractivity contribution is 0.101. The van der Waals surface area contributed by atoms with Crippen molar-refractivity contribution in [1.82, 2.24) is 9.97 Å². The number of amides is 1. The molecule has 1 heterocycles. The normalized spacial score (nSPS) is 10.7. The number of para-hydroxylation sites is 1. The summed E-state index contributed by atoms with van der Waals surface area (Å²) < 4.78 is 0. The fourth-order valence-corrected chi connectivity index (χ4v) is 4.58. The van der Waals surface area contributed by atoms with Gasteiger partial charge >= 0.3 is 0 Å². The molecule has 0 radical (unpaired) electrons. The van der Waals surface area contributed by atoms with E-state index in [9.17, 15) is 4.79 Å². The Morgan fingerprint density at radius 2 is 1.53 bits per heavy atom. The van der Waals surface area contributed by atoms with Gasteiger partial charge < -0.3 is 5.32 Å². The smallest absolute Gasteiger partial charge is 0.275 e. The molecule has 0 aliphatic carbocycles. The second-order valence-electron chi connectivity index (χ2n) is 7.37. The first-order valence-electron chi connectivity index (χ1n) is 10.2. The molecule has 6 heteroatoms. The summed E-state index contributed by atoms with van der Waals surface area (Å²) in [4.78, 5) is 24.0. The zero-order valence-electron chi connectivity index (χ0n) is 17.9. The van der Waals surface area contributed by atoms with E-state index in [4.69, 9.17) is 0 Å². The lowest BCUT2D eigenvalue weighted by Gasteiger charge is -2.11. The standard InChI is InChI=1S/C26H23N3OS2/c1-18-8-12-20(13-9-18)17-31-26-27-16-23(32-22-14-10-19(2)11-15-22)24(29-26)25(30)28-21-6-4-3-5-7-21/h3-16H,17H2,1-2H3,(H,28,30). The number of benzene rings is 3. The van der Waals surface area contributed by atoms with Crippen LogP contribution in [0.5, 0.6) is 0 Å². The predicted octanol–water partition coefficient (Wildman–Crippen LogP) is 6.79. The van der Waals surface area contributed by atoms with Crippen molar-refractivity contribution in [2.45, 2.75) is 34.5 Å². The molecule has 1 N–H and O–H groups in total. The van der Waals surface area contributed by atoms with Crippen LogP contribution in [-0.4, -0.2) is 15.9 Å². The highest BCUT2D eigenvalue weighted by atomic mass is 32.2. The molecule has 0 unspecified atom stereocenters. The van der Waals surface area contributed by atoms with Gasteiger partial charge in [0, 0.05) is 22.5 Å². The summed E-state index contributed by atoms with van der Waals surface area (Å²) in [5.74, 6) is 0.496. The molecule has 0 saturated carbocycles. The lowest BCUT2D eigenvalue weighted by Crippen LogP contribution is -2.15. The average molecular weight is 458 g/mol. The van der Waals surface area contributed by atoms with Gasteiger partial charge in [-0.05, 0) is 43.7 Å². The van der Waals surface area contributed by atoms with E-state index < -0.39 is 0 Å². The van der Waals surface area contributed by atoms with Crippen LogP contribution in [0.25, 0.3) is 0 Å². The van der Waals surface area contributed by atoms with Crippen LogP contribution in [0.1, 0.15) is 27.2 Å². The van der Waals surface area contributed by atoms with Crippen molar-refractivity contribution in [3.63, 3.8) is 0 Å². The van der Waals surface area contributed by atoms with Gasteiger partial charge in [0.1, 0.15) is 5.69 Å². The highest BCUT2D eigenvalue weighted by molar-refractivity contribution is 7.99. The van der Waals surface area contributed by atoms with Gasteiger partial charge in [0.15, 0.2) is 5.16 Å². The fraction of sp³-hybridized carbons (Fsp3) is 0.115. The van der Waals surface area contributed by atoms with Gasteiger partial charge in [0.2, 0.25) is 0 Å². The highest BCUT2D eigenvalue weighted by Gasteiger charge is 2.17. The molecule has 0 bridgehead atoms. The van der Waals surface area contributed by atoms with Crippen molar-refractivity contribution in [2.24, 2.45) is 0 Å². The molecule has 0 saturated heterocycles. The number of aromatic nitrogens is 2. The molecule has 0 spiro atoms. The summed E-state index contributed by atoms with van der Waals surface area (Å²) in [6.45, 7) is 4.12. The summed E-state index contributed by atoms with van der Waals surface area (Å²) in [6.07, 6.45) is 1.74. The molecule has 4 rings (SSSR count). The molecule has 160 valence electrons. The summed E-state index contributed by atoms with van der Waals surface area (Å²) in [5.41, 5.74) is 4.72. The number of thioether (sulfide) groups is 1. The maximum atomic E-state index is 13.1. The van der Waals surface area contributed by atoms with Gasteiger partial charge in [0.25, 0.3) is 5.91 Å². The maximum Gasteiger partial charge on any atom is 0.275 e. The lowest BCUT2D eigenvalue weighted by atomic mass is 10.2. The molecule has 0 atom stereocenters. The van der Waals surface area contributed by atoms with Crippen molar-refractivity contribution in [3.05, 3.63) is 107 Å². The van der Waals surface area contributed by atoms with Gasteiger partial charge in [-0.3, -0.25) is 4.79 Å². The van der Waals surface area contributed by atoms with Crippen LogP contribution in [-0.2, 0) is 5.75 Å². The fourth-order valence-electron chi connectivity index (χ4n) is 2.94. The van der Waals surface area contributed by atoms with Gasteiger partial charge in [-0.1, -0.05) is 89.2 Å². The van der Waals surface area contributed by atoms with E-state index in [1.807, 2.05) is 42.5 Å². The Morgan fingerprint density at radius 1 is 0.875 bits per heavy atom. The van der Waals surface area contributed by atoms with Gasteiger partial charge in [-0.15, -0.1) is 0 Å². The number of aryl methyl sites for hydroxylation is 2. The third-order valence-electron chi connectivity index (χ3n) is 4.72. The number of hydrogen-bond donors (Lipinski definition) is 1. The van der Waals surface area contributed by atoms with Crippen LogP contribution >= 0.6 is 23.5 Å². The number of nitrogens with one attached hydrogen (secondary N) is 1. The molecule has 0 aliphatic rings. The Hall–Kier alpha value is -3.09. The number of rotatable bonds is 7. The minimum atomic E-state index is -0.245. The van der Waals surface area contributed by atoms with Crippen LogP contribution in [0.15, 0.2) is 100 Å². The van der Waals surface area contributed by atoms with Gasteiger partial charge in [-0.25, -0.2) is 9.97 Å². The zero-order valence-corrected chi connectivity index (χ0v) is 19.5. The second-order valence-corrected chi connectivity index (χ2v) is 9.43. The minimum absolute atomic E-state index is 0.245. The van der Waals surface area contributed by atoms with Crippen molar-refractivity contribution >= 4 is 35.1 Å². The molecular formula is C26H23N3OS2. The van der Waals surface area contributed by atoms with Gasteiger partial charge in [0.05, 0.1) is 4.90 Å². The molecular weight excluding hydrogens is 434 g/mol. The Balaban J connectivity index is 1.58. The third kappa shape index (κ3) is 5.99. The first-order chi connectivity index (χ1) is 15.6. The first-order valence-corrected chi connectivity index (χ1v) is 12.0. The molecule has 3 aromatic carbocycles. The second kappa shape index (κ2) is 10.5. The van der Waals surface area contributed by atoms with E-state index in [1.165, 1.54) is 40.2 Å². The number of nitrogens with zero attached hydrogens (tertiary/aromatic N) is 2. The summed E-state index contributed by atoms with van der Waals surface area (Å²) >= 11 is 3.01. The van der Waals surface area contributed by atoms with E-state index >= 15 is 0 Å². The molecule has 0 aliphatic heterocycles. The van der Waals surface area contributed by atoms with Crippen LogP contribution < -0.4 is 5.32 Å². The number of carbonyl (C=O) groups is 1. The number of carbonyl (C=O) groups excluding carboxylic acids is 1. The topological polar surface area (TPSA) is 54.9 Å². The number of hydrogen-bond acceptors (Lipinski definition) is 5. The molecule has 1 amide bonds. The van der Waals surface area contributed by atoms with Gasteiger partial charge in [-0.2, -0.15) is 0 Å². The summed E-state index contributed by atoms with van der Waals surface area (Å²) in [7, 11) is 0. The SMILES string of the molecule is Cc1ccc(CSc2ncc(Sc3ccc(C)cc3)c(C(=O)Nc3ccccc3)n2)cc1. The van der Waals surface area contributed by atoms with Crippen LogP contribution in [0.3, 0.4) is 0 Å². The van der Waals surface area contributed by atoms with E-state index in [-0.39, 0.29) is 5.91 Å². The van der Waals surface area contributed by atoms with Crippen molar-refractivity contribution < 1.29 is 4.79 Å². The Labute approximate surface area is 196 Å². The third-order valence-corrected chi connectivity index (χ3v) is 6.68. The van der Waals surface area contributed by atoms with Crippen LogP contribution in [0.4, 0.5) is 5.69 Å². The van der Waals surface area contributed by atoms with Crippen LogP contribution in [0, 0.1) is 13.8 Å². The predicted molar refractivity (Wildman–Crippen MR) is 132 cm³/mol. The van der Waals surface area contributed by atoms with Crippen molar-refractivity contribution in [3.8, 4) is 0 Å². The van der Waals surface area contributed by atoms with Crippen molar-refractivity contribution in [1.29, 1.82) is 0 Å². The Morgan fingerprint density at radius 3 is 2.22 bits per heavy atom. The first kappa shape index (κ1) is 22.1.